The second-order valence-electron chi connectivity index (χ2n) is 3.22. The van der Waals surface area contributed by atoms with E-state index in [0.29, 0.717) is 6.73 Å². The smallest absolute Gasteiger partial charge is 0.139 e. The zero-order valence-corrected chi connectivity index (χ0v) is 6.80. The molecule has 0 spiro atoms. The first-order valence-electron chi connectivity index (χ1n) is 4.07. The van der Waals surface area contributed by atoms with Crippen LogP contribution in [0.1, 0.15) is 6.92 Å². The highest BCUT2D eigenvalue weighted by molar-refractivity contribution is 4.92. The van der Waals surface area contributed by atoms with Crippen molar-refractivity contribution in [2.45, 2.75) is 37.6 Å². The summed E-state index contributed by atoms with van der Waals surface area (Å²) in [6, 6.07) is 0. The van der Waals surface area contributed by atoms with Gasteiger partial charge < -0.3 is 19.7 Å². The first-order valence-corrected chi connectivity index (χ1v) is 4.07. The molecule has 2 rings (SSSR count). The zero-order valence-electron chi connectivity index (χ0n) is 6.80. The highest BCUT2D eigenvalue weighted by atomic mass is 16.6. The molecule has 2 fully saturated rings. The van der Waals surface area contributed by atoms with Crippen molar-refractivity contribution in [3.05, 3.63) is 0 Å². The summed E-state index contributed by atoms with van der Waals surface area (Å²) in [5.41, 5.74) is 0. The second kappa shape index (κ2) is 2.93. The summed E-state index contributed by atoms with van der Waals surface area (Å²) in [6.07, 6.45) is -2.77. The molecule has 0 aromatic heterocycles. The van der Waals surface area contributed by atoms with E-state index in [9.17, 15) is 10.2 Å². The lowest BCUT2D eigenvalue weighted by Crippen LogP contribution is -2.57. The van der Waals surface area contributed by atoms with E-state index in [0.717, 1.165) is 0 Å². The monoisotopic (exact) mass is 175 g/mol. The molecule has 2 aliphatic rings. The van der Waals surface area contributed by atoms with Crippen LogP contribution < -0.4 is 5.32 Å². The SMILES string of the molecule is CC1OC2NCOC2C(O)C1O. The minimum absolute atomic E-state index is 0.279. The molecular formula is C7H13NO4. The van der Waals surface area contributed by atoms with E-state index < -0.39 is 18.3 Å². The molecule has 5 nitrogen and oxygen atoms in total. The summed E-state index contributed by atoms with van der Waals surface area (Å²) in [7, 11) is 0. The Balaban J connectivity index is 2.10. The number of aliphatic hydroxyl groups excluding tert-OH is 2. The van der Waals surface area contributed by atoms with Gasteiger partial charge in [-0.2, -0.15) is 0 Å². The van der Waals surface area contributed by atoms with E-state index in [1.807, 2.05) is 0 Å². The van der Waals surface area contributed by atoms with Crippen molar-refractivity contribution in [2.24, 2.45) is 0 Å². The van der Waals surface area contributed by atoms with Crippen molar-refractivity contribution in [2.75, 3.05) is 6.73 Å². The Bertz CT molecular complexity index is 177. The minimum atomic E-state index is -0.855. The number of hydrogen-bond acceptors (Lipinski definition) is 5. The summed E-state index contributed by atoms with van der Waals surface area (Å²) < 4.78 is 10.5. The fourth-order valence-electron chi connectivity index (χ4n) is 1.62. The molecule has 0 radical (unpaired) electrons. The van der Waals surface area contributed by atoms with Crippen LogP contribution in [0.2, 0.25) is 0 Å². The maximum atomic E-state index is 9.52. The van der Waals surface area contributed by atoms with E-state index in [2.05, 4.69) is 5.32 Å². The summed E-state index contributed by atoms with van der Waals surface area (Å²) in [4.78, 5) is 0. The molecule has 0 amide bonds. The highest BCUT2D eigenvalue weighted by Gasteiger charge is 2.45. The third-order valence-corrected chi connectivity index (χ3v) is 2.39. The number of ether oxygens (including phenoxy) is 2. The predicted molar refractivity (Wildman–Crippen MR) is 39.2 cm³/mol. The quantitative estimate of drug-likeness (QED) is 0.413. The van der Waals surface area contributed by atoms with E-state index in [4.69, 9.17) is 9.47 Å². The fraction of sp³-hybridized carbons (Fsp3) is 1.00. The van der Waals surface area contributed by atoms with Crippen molar-refractivity contribution in [1.29, 1.82) is 0 Å². The second-order valence-corrected chi connectivity index (χ2v) is 3.22. The van der Waals surface area contributed by atoms with E-state index in [-0.39, 0.29) is 12.3 Å². The van der Waals surface area contributed by atoms with Crippen molar-refractivity contribution in [1.82, 2.24) is 5.32 Å². The van der Waals surface area contributed by atoms with Crippen LogP contribution in [0.4, 0.5) is 0 Å². The van der Waals surface area contributed by atoms with Gasteiger partial charge in [0.25, 0.3) is 0 Å². The normalized spacial score (nSPS) is 53.8. The molecule has 0 aromatic rings. The van der Waals surface area contributed by atoms with Crippen LogP contribution in [-0.4, -0.2) is 47.6 Å². The molecule has 0 aromatic carbocycles. The van der Waals surface area contributed by atoms with Crippen molar-refractivity contribution in [3.63, 3.8) is 0 Å². The van der Waals surface area contributed by atoms with Gasteiger partial charge in [-0.3, -0.25) is 5.32 Å². The Morgan fingerprint density at radius 2 is 2.08 bits per heavy atom. The molecule has 0 saturated carbocycles. The number of nitrogens with one attached hydrogen (secondary N) is 1. The van der Waals surface area contributed by atoms with E-state index in [1.54, 1.807) is 6.92 Å². The summed E-state index contributed by atoms with van der Waals surface area (Å²) >= 11 is 0. The summed E-state index contributed by atoms with van der Waals surface area (Å²) in [6.45, 7) is 2.09. The van der Waals surface area contributed by atoms with Crippen molar-refractivity contribution in [3.8, 4) is 0 Å². The Hall–Kier alpha value is -0.200. The minimum Gasteiger partial charge on any atom is -0.388 e. The maximum Gasteiger partial charge on any atom is 0.139 e. The van der Waals surface area contributed by atoms with Gasteiger partial charge >= 0.3 is 0 Å². The third-order valence-electron chi connectivity index (χ3n) is 2.39. The number of aliphatic hydroxyl groups is 2. The van der Waals surface area contributed by atoms with Gasteiger partial charge in [0.15, 0.2) is 0 Å². The van der Waals surface area contributed by atoms with Crippen molar-refractivity contribution >= 4 is 0 Å². The zero-order chi connectivity index (χ0) is 8.72. The molecule has 70 valence electrons. The third kappa shape index (κ3) is 1.14. The number of fused-ring (bicyclic) bond motifs is 1. The van der Waals surface area contributed by atoms with Gasteiger partial charge in [0.1, 0.15) is 24.5 Å². The molecule has 2 aliphatic heterocycles. The van der Waals surface area contributed by atoms with E-state index in [1.165, 1.54) is 0 Å². The molecule has 5 atom stereocenters. The molecule has 5 unspecified atom stereocenters. The highest BCUT2D eigenvalue weighted by Crippen LogP contribution is 2.24. The molecule has 0 aliphatic carbocycles. The predicted octanol–water partition coefficient (Wildman–Crippen LogP) is -1.60. The molecule has 3 N–H and O–H groups in total. The van der Waals surface area contributed by atoms with Gasteiger partial charge in [-0.15, -0.1) is 0 Å². The van der Waals surface area contributed by atoms with Gasteiger partial charge in [0.2, 0.25) is 0 Å². The molecule has 2 saturated heterocycles. The summed E-state index contributed by atoms with van der Waals surface area (Å²) in [5, 5.41) is 21.9. The molecule has 12 heavy (non-hydrogen) atoms. The summed E-state index contributed by atoms with van der Waals surface area (Å²) in [5.74, 6) is 0. The van der Waals surface area contributed by atoms with Crippen LogP contribution in [0.3, 0.4) is 0 Å². The molecule has 5 heteroatoms. The first-order chi connectivity index (χ1) is 5.70. The number of hydrogen-bond donors (Lipinski definition) is 3. The van der Waals surface area contributed by atoms with E-state index >= 15 is 0 Å². The molecular weight excluding hydrogens is 162 g/mol. The van der Waals surface area contributed by atoms with Crippen molar-refractivity contribution < 1.29 is 19.7 Å². The average Bonchev–Trinajstić information content (AvgIpc) is 2.48. The van der Waals surface area contributed by atoms with Crippen LogP contribution in [0, 0.1) is 0 Å². The average molecular weight is 175 g/mol. The van der Waals surface area contributed by atoms with Crippen LogP contribution in [-0.2, 0) is 9.47 Å². The fourth-order valence-corrected chi connectivity index (χ4v) is 1.62. The Kier molecular flexibility index (Phi) is 2.05. The van der Waals surface area contributed by atoms with Gasteiger partial charge in [-0.25, -0.2) is 0 Å². The lowest BCUT2D eigenvalue weighted by atomic mass is 9.99. The topological polar surface area (TPSA) is 71.0 Å². The van der Waals surface area contributed by atoms with Crippen LogP contribution in [0.15, 0.2) is 0 Å². The lowest BCUT2D eigenvalue weighted by Gasteiger charge is -2.37. The Morgan fingerprint density at radius 3 is 2.83 bits per heavy atom. The standard InChI is InChI=1S/C7H13NO4/c1-3-4(9)5(10)6-7(12-3)8-2-11-6/h3-10H,2H2,1H3. The van der Waals surface area contributed by atoms with Gasteiger partial charge in [-0.05, 0) is 6.92 Å². The Labute approximate surface area is 70.3 Å². The molecule has 2 heterocycles. The first kappa shape index (κ1) is 8.40. The van der Waals surface area contributed by atoms with Crippen LogP contribution in [0.25, 0.3) is 0 Å². The number of rotatable bonds is 0. The maximum absolute atomic E-state index is 9.52. The van der Waals surface area contributed by atoms with Gasteiger partial charge in [0.05, 0.1) is 12.8 Å². The van der Waals surface area contributed by atoms with Crippen LogP contribution >= 0.6 is 0 Å². The lowest BCUT2D eigenvalue weighted by molar-refractivity contribution is -0.204. The van der Waals surface area contributed by atoms with Gasteiger partial charge in [-0.1, -0.05) is 0 Å². The van der Waals surface area contributed by atoms with Gasteiger partial charge in [0, 0.05) is 0 Å². The van der Waals surface area contributed by atoms with Crippen LogP contribution in [0.5, 0.6) is 0 Å². The largest absolute Gasteiger partial charge is 0.388 e. The molecule has 0 bridgehead atoms. The Morgan fingerprint density at radius 1 is 1.33 bits per heavy atom.